The molecular formula is C20H22F3IN4O5. The Kier molecular flexibility index (Phi) is 10.8. The van der Waals surface area contributed by atoms with Crippen LogP contribution in [0.4, 0.5) is 24.5 Å². The van der Waals surface area contributed by atoms with Gasteiger partial charge in [-0.1, -0.05) is 5.16 Å². The van der Waals surface area contributed by atoms with Gasteiger partial charge in [-0.15, -0.1) is 0 Å². The summed E-state index contributed by atoms with van der Waals surface area (Å²) in [5.74, 6) is -4.54. The molecule has 9 nitrogen and oxygen atoms in total. The summed E-state index contributed by atoms with van der Waals surface area (Å²) in [6, 6.07) is 5.00. The molecular weight excluding hydrogens is 560 g/mol. The molecule has 0 aliphatic heterocycles. The van der Waals surface area contributed by atoms with Gasteiger partial charge in [-0.05, 0) is 53.8 Å². The summed E-state index contributed by atoms with van der Waals surface area (Å²) >= 11 is 1.89. The SMILES string of the molecule is CC(NCCO)ONC(=O)c1cc(/C=N/OCCO)c(F)c(F)c1Nc1ccc(I)cc1F. The Morgan fingerprint density at radius 1 is 1.21 bits per heavy atom. The number of rotatable bonds is 12. The molecule has 33 heavy (non-hydrogen) atoms. The van der Waals surface area contributed by atoms with E-state index in [1.807, 2.05) is 22.6 Å². The van der Waals surface area contributed by atoms with Crippen LogP contribution in [0.2, 0.25) is 0 Å². The zero-order valence-corrected chi connectivity index (χ0v) is 19.5. The molecule has 0 saturated carbocycles. The molecule has 0 heterocycles. The number of aliphatic hydroxyl groups is 2. The van der Waals surface area contributed by atoms with E-state index < -0.39 is 46.4 Å². The van der Waals surface area contributed by atoms with Gasteiger partial charge in [-0.3, -0.25) is 14.9 Å². The smallest absolute Gasteiger partial charge is 0.277 e. The van der Waals surface area contributed by atoms with Crippen molar-refractivity contribution in [1.29, 1.82) is 0 Å². The number of oxime groups is 1. The lowest BCUT2D eigenvalue weighted by molar-refractivity contribution is -0.0237. The number of carbonyl (C=O) groups is 1. The van der Waals surface area contributed by atoms with E-state index in [1.165, 1.54) is 25.1 Å². The zero-order chi connectivity index (χ0) is 24.4. The summed E-state index contributed by atoms with van der Waals surface area (Å²) in [4.78, 5) is 22.5. The van der Waals surface area contributed by atoms with E-state index in [0.29, 0.717) is 3.57 Å². The van der Waals surface area contributed by atoms with Gasteiger partial charge in [-0.2, -0.15) is 0 Å². The first kappa shape index (κ1) is 26.8. The number of amides is 1. The molecule has 1 unspecified atom stereocenters. The Morgan fingerprint density at radius 3 is 2.64 bits per heavy atom. The second kappa shape index (κ2) is 13.3. The summed E-state index contributed by atoms with van der Waals surface area (Å²) < 4.78 is 44.5. The molecule has 2 aromatic carbocycles. The monoisotopic (exact) mass is 582 g/mol. The average molecular weight is 582 g/mol. The lowest BCUT2D eigenvalue weighted by atomic mass is 10.1. The molecule has 0 aliphatic carbocycles. The highest BCUT2D eigenvalue weighted by molar-refractivity contribution is 14.1. The minimum absolute atomic E-state index is 0.165. The Morgan fingerprint density at radius 2 is 1.97 bits per heavy atom. The molecule has 0 fully saturated rings. The van der Waals surface area contributed by atoms with Crippen molar-refractivity contribution in [2.45, 2.75) is 13.2 Å². The number of halogens is 4. The zero-order valence-electron chi connectivity index (χ0n) is 17.4. The summed E-state index contributed by atoms with van der Waals surface area (Å²) in [5.41, 5.74) is 0.433. The lowest BCUT2D eigenvalue weighted by Crippen LogP contribution is -2.38. The second-order valence-corrected chi connectivity index (χ2v) is 7.67. The molecule has 0 spiro atoms. The van der Waals surface area contributed by atoms with Crippen molar-refractivity contribution in [3.05, 3.63) is 56.4 Å². The number of hydrogen-bond acceptors (Lipinski definition) is 8. The lowest BCUT2D eigenvalue weighted by Gasteiger charge is -2.17. The maximum atomic E-state index is 15.0. The number of hydroxylamine groups is 1. The first-order valence-corrected chi connectivity index (χ1v) is 10.7. The quantitative estimate of drug-likeness (QED) is 0.0857. The third kappa shape index (κ3) is 7.82. The van der Waals surface area contributed by atoms with Gasteiger partial charge in [0.1, 0.15) is 18.7 Å². The Hall–Kier alpha value is -2.46. The Labute approximate surface area is 201 Å². The third-order valence-corrected chi connectivity index (χ3v) is 4.66. The molecule has 1 atom stereocenters. The van der Waals surface area contributed by atoms with Gasteiger partial charge in [-0.25, -0.2) is 18.7 Å². The van der Waals surface area contributed by atoms with Crippen molar-refractivity contribution in [1.82, 2.24) is 10.8 Å². The average Bonchev–Trinajstić information content (AvgIpc) is 2.79. The van der Waals surface area contributed by atoms with Crippen LogP contribution < -0.4 is 16.1 Å². The van der Waals surface area contributed by atoms with Crippen molar-refractivity contribution >= 4 is 46.1 Å². The molecule has 180 valence electrons. The molecule has 2 aromatic rings. The molecule has 1 amide bonds. The molecule has 5 N–H and O–H groups in total. The highest BCUT2D eigenvalue weighted by Crippen LogP contribution is 2.30. The summed E-state index contributed by atoms with van der Waals surface area (Å²) in [7, 11) is 0. The molecule has 13 heteroatoms. The van der Waals surface area contributed by atoms with E-state index in [9.17, 15) is 18.0 Å². The largest absolute Gasteiger partial charge is 0.395 e. The number of nitrogens with zero attached hydrogens (tertiary/aromatic N) is 1. The van der Waals surface area contributed by atoms with Crippen LogP contribution in [0.15, 0.2) is 29.4 Å². The van der Waals surface area contributed by atoms with Gasteiger partial charge in [0.05, 0.1) is 36.4 Å². The van der Waals surface area contributed by atoms with Crippen LogP contribution in [0.3, 0.4) is 0 Å². The first-order valence-electron chi connectivity index (χ1n) is 9.59. The molecule has 0 aromatic heterocycles. The van der Waals surface area contributed by atoms with Crippen LogP contribution in [0.1, 0.15) is 22.8 Å². The fourth-order valence-corrected chi connectivity index (χ4v) is 2.91. The van der Waals surface area contributed by atoms with E-state index in [4.69, 9.17) is 15.1 Å². The van der Waals surface area contributed by atoms with Crippen molar-refractivity contribution in [3.8, 4) is 0 Å². The standard InChI is InChI=1S/C20H22F3IN4O5/c1-11(25-4-5-29)33-28-20(31)14-8-12(10-26-32-7-6-30)17(22)18(23)19(14)27-16-3-2-13(24)9-15(16)21/h2-3,8-11,25,27,29-30H,4-7H2,1H3,(H,28,31)/b26-10+. The van der Waals surface area contributed by atoms with Crippen molar-refractivity contribution in [2.24, 2.45) is 5.16 Å². The van der Waals surface area contributed by atoms with Crippen molar-refractivity contribution < 1.29 is 37.9 Å². The number of anilines is 2. The molecule has 0 radical (unpaired) electrons. The van der Waals surface area contributed by atoms with Crippen molar-refractivity contribution in [2.75, 3.05) is 31.7 Å². The van der Waals surface area contributed by atoms with Crippen LogP contribution in [0.5, 0.6) is 0 Å². The van der Waals surface area contributed by atoms with Gasteiger partial charge >= 0.3 is 0 Å². The number of benzene rings is 2. The van der Waals surface area contributed by atoms with Crippen LogP contribution >= 0.6 is 22.6 Å². The van der Waals surface area contributed by atoms with E-state index in [-0.39, 0.29) is 32.1 Å². The summed E-state index contributed by atoms with van der Waals surface area (Å²) in [5, 5.41) is 26.1. The van der Waals surface area contributed by atoms with Crippen LogP contribution in [-0.2, 0) is 9.68 Å². The van der Waals surface area contributed by atoms with Gasteiger partial charge in [0, 0.05) is 15.7 Å². The van der Waals surface area contributed by atoms with Gasteiger partial charge < -0.3 is 20.4 Å². The normalized spacial score (nSPS) is 12.1. The van der Waals surface area contributed by atoms with Gasteiger partial charge in [0.25, 0.3) is 5.91 Å². The fraction of sp³-hybridized carbons (Fsp3) is 0.300. The number of carbonyl (C=O) groups excluding carboxylic acids is 1. The molecule has 0 aliphatic rings. The molecule has 0 bridgehead atoms. The summed E-state index contributed by atoms with van der Waals surface area (Å²) in [6.07, 6.45) is 0.108. The van der Waals surface area contributed by atoms with E-state index >= 15 is 0 Å². The molecule has 2 rings (SSSR count). The maximum absolute atomic E-state index is 15.0. The van der Waals surface area contributed by atoms with Crippen molar-refractivity contribution in [3.63, 3.8) is 0 Å². The minimum Gasteiger partial charge on any atom is -0.395 e. The first-order chi connectivity index (χ1) is 15.8. The predicted molar refractivity (Wildman–Crippen MR) is 122 cm³/mol. The predicted octanol–water partition coefficient (Wildman–Crippen LogP) is 2.38. The Balaban J connectivity index is 2.41. The number of hydrogen-bond donors (Lipinski definition) is 5. The van der Waals surface area contributed by atoms with Gasteiger partial charge in [0.15, 0.2) is 11.6 Å². The fourth-order valence-electron chi connectivity index (χ4n) is 2.46. The number of nitrogens with one attached hydrogen (secondary N) is 3. The highest BCUT2D eigenvalue weighted by atomic mass is 127. The van der Waals surface area contributed by atoms with Crippen LogP contribution in [0, 0.1) is 21.0 Å². The Bertz CT molecular complexity index is 997. The van der Waals surface area contributed by atoms with Crippen LogP contribution in [-0.4, -0.2) is 54.9 Å². The summed E-state index contributed by atoms with van der Waals surface area (Å²) in [6.45, 7) is 1.05. The third-order valence-electron chi connectivity index (χ3n) is 3.99. The van der Waals surface area contributed by atoms with E-state index in [1.54, 1.807) is 0 Å². The van der Waals surface area contributed by atoms with Gasteiger partial charge in [0.2, 0.25) is 0 Å². The molecule has 0 saturated heterocycles. The van der Waals surface area contributed by atoms with E-state index in [0.717, 1.165) is 12.3 Å². The number of aliphatic hydroxyl groups excluding tert-OH is 2. The topological polar surface area (TPSA) is 124 Å². The maximum Gasteiger partial charge on any atom is 0.277 e. The van der Waals surface area contributed by atoms with Crippen LogP contribution in [0.25, 0.3) is 0 Å². The minimum atomic E-state index is -1.46. The van der Waals surface area contributed by atoms with E-state index in [2.05, 4.69) is 26.1 Å². The highest BCUT2D eigenvalue weighted by Gasteiger charge is 2.24. The second-order valence-electron chi connectivity index (χ2n) is 6.43.